The first-order valence-electron chi connectivity index (χ1n) is 40.1. The van der Waals surface area contributed by atoms with Crippen molar-refractivity contribution >= 4 is 33.6 Å². The minimum Gasteiger partial charge on any atom is -0.463 e. The highest BCUT2D eigenvalue weighted by atomic mass is 31.2. The fourth-order valence-electron chi connectivity index (χ4n) is 10.5. The smallest absolute Gasteiger partial charge is 0.463 e. The van der Waals surface area contributed by atoms with Crippen molar-refractivity contribution in [3.63, 3.8) is 0 Å². The van der Waals surface area contributed by atoms with Crippen LogP contribution in [0.3, 0.4) is 0 Å². The van der Waals surface area contributed by atoms with Crippen LogP contribution in [0.4, 0.5) is 0 Å². The minimum atomic E-state index is -4.93. The molecule has 4 N–H and O–H groups in total. The van der Waals surface area contributed by atoms with Crippen LogP contribution in [0.2, 0.25) is 0 Å². The third-order valence-corrected chi connectivity index (χ3v) is 18.5. The van der Waals surface area contributed by atoms with Gasteiger partial charge in [0.2, 0.25) is 0 Å². The summed E-state index contributed by atoms with van der Waals surface area (Å²) in [6, 6.07) is 0. The van der Waals surface area contributed by atoms with E-state index in [-0.39, 0.29) is 19.3 Å². The maximum Gasteiger partial charge on any atom is 0.472 e. The fourth-order valence-corrected chi connectivity index (χ4v) is 12.1. The summed E-state index contributed by atoms with van der Waals surface area (Å²) in [5.74, 6) is -1.60. The van der Waals surface area contributed by atoms with E-state index in [9.17, 15) is 43.5 Å². The SMILES string of the molecule is CC/C=C\C/C=C\C/C=C\C/C=C\C/C=C\C/C=C\CCCCCCCCCCCCCCCCC(=O)OCC(O)COP(=O)(O)OCC(O)COP(=O)(O)OCC(COC(=O)CCCCCC/C=C\C/C=C\C/C=C\C/C=C\C/C=C\C/C=C\CC)OC(=O)CCCCCCCCCCCCC. The summed E-state index contributed by atoms with van der Waals surface area (Å²) in [6.07, 6.45) is 94.9. The van der Waals surface area contributed by atoms with Gasteiger partial charge in [0, 0.05) is 19.3 Å². The Balaban J connectivity index is 4.42. The zero-order valence-electron chi connectivity index (χ0n) is 64.4. The number of hydrogen-bond donors (Lipinski definition) is 4. The molecule has 0 aliphatic carbocycles. The molecule has 0 amide bonds. The van der Waals surface area contributed by atoms with Crippen molar-refractivity contribution in [1.82, 2.24) is 0 Å². The molecule has 0 aliphatic heterocycles. The number of carbonyl (C=O) groups is 3. The number of rotatable bonds is 75. The molecule has 103 heavy (non-hydrogen) atoms. The Morgan fingerprint density at radius 3 is 0.816 bits per heavy atom. The number of carbonyl (C=O) groups excluding carboxylic acids is 3. The first-order valence-corrected chi connectivity index (χ1v) is 43.1. The Bertz CT molecular complexity index is 2450. The topological polar surface area (TPSA) is 231 Å². The molecule has 16 nitrogen and oxygen atoms in total. The van der Waals surface area contributed by atoms with E-state index in [2.05, 4.69) is 167 Å². The number of aliphatic hydroxyl groups is 2. The van der Waals surface area contributed by atoms with Gasteiger partial charge in [0.05, 0.1) is 26.4 Å². The number of esters is 3. The summed E-state index contributed by atoms with van der Waals surface area (Å²) in [5, 5.41) is 20.6. The van der Waals surface area contributed by atoms with Crippen LogP contribution in [0.5, 0.6) is 0 Å². The van der Waals surface area contributed by atoms with Gasteiger partial charge in [0.25, 0.3) is 0 Å². The minimum absolute atomic E-state index is 0.0981. The lowest BCUT2D eigenvalue weighted by molar-refractivity contribution is -0.161. The molecule has 0 rings (SSSR count). The monoisotopic (exact) mass is 1480 g/mol. The molecule has 5 atom stereocenters. The molecule has 0 aromatic carbocycles. The third kappa shape index (κ3) is 78.3. The van der Waals surface area contributed by atoms with Crippen molar-refractivity contribution in [1.29, 1.82) is 0 Å². The highest BCUT2D eigenvalue weighted by Gasteiger charge is 2.29. The lowest BCUT2D eigenvalue weighted by atomic mass is 10.0. The second-order valence-electron chi connectivity index (χ2n) is 26.5. The molecule has 0 aromatic rings. The lowest BCUT2D eigenvalue weighted by Crippen LogP contribution is -2.30. The summed E-state index contributed by atoms with van der Waals surface area (Å²) in [6.45, 7) is 2.42. The van der Waals surface area contributed by atoms with Gasteiger partial charge in [-0.15, -0.1) is 0 Å². The normalized spacial score (nSPS) is 14.7. The number of phosphoric ester groups is 2. The molecule has 0 fully saturated rings. The van der Waals surface area contributed by atoms with Gasteiger partial charge in [0.15, 0.2) is 6.10 Å². The van der Waals surface area contributed by atoms with E-state index in [1.54, 1.807) is 0 Å². The molecule has 0 bridgehead atoms. The van der Waals surface area contributed by atoms with Crippen molar-refractivity contribution in [3.8, 4) is 0 Å². The van der Waals surface area contributed by atoms with Crippen molar-refractivity contribution in [3.05, 3.63) is 146 Å². The number of aliphatic hydroxyl groups excluding tert-OH is 2. The van der Waals surface area contributed by atoms with Crippen LogP contribution < -0.4 is 0 Å². The van der Waals surface area contributed by atoms with Gasteiger partial charge in [0.1, 0.15) is 25.4 Å². The van der Waals surface area contributed by atoms with Gasteiger partial charge >= 0.3 is 33.6 Å². The molecule has 5 unspecified atom stereocenters. The van der Waals surface area contributed by atoms with E-state index < -0.39 is 91.5 Å². The second-order valence-corrected chi connectivity index (χ2v) is 29.4. The molecule has 0 aromatic heterocycles. The highest BCUT2D eigenvalue weighted by molar-refractivity contribution is 7.47. The number of hydrogen-bond acceptors (Lipinski definition) is 14. The standard InChI is InChI=1S/C85H144O16P2/c1-4-7-10-13-16-19-22-24-26-28-30-32-34-35-36-37-38-39-40-41-42-43-45-47-48-50-52-54-57-59-62-65-68-71-83(88)95-74-80(86)75-97-102(91,92)98-76-81(87)77-99-103(93,94)100-79-82(101-85(90)73-70-67-64-61-56-21-18-15-12-9-6-3)78-96-84(89)72-69-66-63-60-58-55-53-51-49-46-44-33-31-29-27-25-23-20-17-14-11-8-5-2/h7-8,10-11,16-17,19-20,24-27,30-33,35-36,38-39,46,49,53,55,80-82,86-87H,4-6,9,12-15,18,21-23,28-29,34,37,40-45,47-48,50-52,54,56-79H2,1-3H3,(H,91,92)(H,93,94)/b10-7-,11-8-,19-16-,20-17-,26-24-,27-25-,32-30-,33-31-,36-35-,39-38-,49-46-,55-53-. The van der Waals surface area contributed by atoms with Gasteiger partial charge in [-0.2, -0.15) is 0 Å². The molecule has 18 heteroatoms. The van der Waals surface area contributed by atoms with Gasteiger partial charge in [-0.3, -0.25) is 32.5 Å². The Labute approximate surface area is 626 Å². The van der Waals surface area contributed by atoms with E-state index in [1.165, 1.54) is 103 Å². The van der Waals surface area contributed by atoms with E-state index in [4.69, 9.17) is 32.3 Å². The number of phosphoric acid groups is 2. The first-order chi connectivity index (χ1) is 50.2. The van der Waals surface area contributed by atoms with Gasteiger partial charge in [-0.05, 0) is 122 Å². The Morgan fingerprint density at radius 2 is 0.515 bits per heavy atom. The molecular weight excluding hydrogens is 1340 g/mol. The largest absolute Gasteiger partial charge is 0.472 e. The maximum absolute atomic E-state index is 12.9. The van der Waals surface area contributed by atoms with Gasteiger partial charge in [-0.25, -0.2) is 9.13 Å². The van der Waals surface area contributed by atoms with Gasteiger partial charge in [-0.1, -0.05) is 321 Å². The number of ether oxygens (including phenoxy) is 3. The van der Waals surface area contributed by atoms with E-state index in [1.807, 2.05) is 0 Å². The quantitative estimate of drug-likeness (QED) is 0.0146. The zero-order chi connectivity index (χ0) is 75.2. The molecule has 0 spiro atoms. The highest BCUT2D eigenvalue weighted by Crippen LogP contribution is 2.45. The third-order valence-electron chi connectivity index (χ3n) is 16.6. The van der Waals surface area contributed by atoms with Crippen LogP contribution in [0.1, 0.15) is 316 Å². The first kappa shape index (κ1) is 98.4. The molecule has 0 aliphatic rings. The second kappa shape index (κ2) is 77.1. The summed E-state index contributed by atoms with van der Waals surface area (Å²) in [7, 11) is -9.79. The lowest BCUT2D eigenvalue weighted by Gasteiger charge is -2.21. The number of allylic oxidation sites excluding steroid dienone is 24. The molecule has 0 saturated heterocycles. The summed E-state index contributed by atoms with van der Waals surface area (Å²) < 4.78 is 61.1. The Hall–Kier alpha value is -4.57. The van der Waals surface area contributed by atoms with E-state index >= 15 is 0 Å². The molecular formula is C85H144O16P2. The van der Waals surface area contributed by atoms with E-state index in [0.717, 1.165) is 154 Å². The maximum atomic E-state index is 12.9. The van der Waals surface area contributed by atoms with Crippen LogP contribution in [-0.4, -0.2) is 95.9 Å². The molecule has 0 radical (unpaired) electrons. The van der Waals surface area contributed by atoms with Crippen molar-refractivity contribution in [2.45, 2.75) is 334 Å². The average molecular weight is 1480 g/mol. The van der Waals surface area contributed by atoms with Crippen LogP contribution >= 0.6 is 15.6 Å². The summed E-state index contributed by atoms with van der Waals surface area (Å²) in [5.41, 5.74) is 0. The predicted octanol–water partition coefficient (Wildman–Crippen LogP) is 23.7. The van der Waals surface area contributed by atoms with Crippen LogP contribution in [0.25, 0.3) is 0 Å². The molecule has 0 heterocycles. The van der Waals surface area contributed by atoms with Crippen LogP contribution in [0, 0.1) is 0 Å². The van der Waals surface area contributed by atoms with Gasteiger partial charge < -0.3 is 34.2 Å². The fraction of sp³-hybridized carbons (Fsp3) is 0.682. The average Bonchev–Trinajstić information content (AvgIpc) is 0.914. The Morgan fingerprint density at radius 1 is 0.282 bits per heavy atom. The van der Waals surface area contributed by atoms with Crippen LogP contribution in [-0.2, 0) is 55.8 Å². The van der Waals surface area contributed by atoms with Crippen molar-refractivity contribution in [2.75, 3.05) is 39.6 Å². The number of unbranched alkanes of at least 4 members (excludes halogenated alkanes) is 28. The van der Waals surface area contributed by atoms with Crippen LogP contribution in [0.15, 0.2) is 146 Å². The van der Waals surface area contributed by atoms with E-state index in [0.29, 0.717) is 19.3 Å². The van der Waals surface area contributed by atoms with Crippen molar-refractivity contribution < 1.29 is 75.8 Å². The summed E-state index contributed by atoms with van der Waals surface area (Å²) >= 11 is 0. The molecule has 0 saturated carbocycles. The molecule has 590 valence electrons. The Kier molecular flexibility index (Phi) is 73.6. The summed E-state index contributed by atoms with van der Waals surface area (Å²) in [4.78, 5) is 58.5. The van der Waals surface area contributed by atoms with Crippen molar-refractivity contribution in [2.24, 2.45) is 0 Å². The zero-order valence-corrected chi connectivity index (χ0v) is 66.2. The predicted molar refractivity (Wildman–Crippen MR) is 426 cm³/mol.